The zero-order valence-corrected chi connectivity index (χ0v) is 15.2. The van der Waals surface area contributed by atoms with Crippen molar-refractivity contribution in [2.75, 3.05) is 24.6 Å². The third-order valence-electron chi connectivity index (χ3n) is 4.79. The Morgan fingerprint density at radius 3 is 2.93 bits per heavy atom. The Morgan fingerprint density at radius 2 is 2.17 bits per heavy atom. The molecule has 0 saturated carbocycles. The lowest BCUT2D eigenvalue weighted by Gasteiger charge is -2.25. The number of halogens is 3. The monoisotopic (exact) mass is 405 g/mol. The van der Waals surface area contributed by atoms with Crippen molar-refractivity contribution >= 4 is 17.4 Å². The number of fused-ring (bicyclic) bond motifs is 1. The Kier molecular flexibility index (Phi) is 4.87. The predicted octanol–water partition coefficient (Wildman–Crippen LogP) is 2.18. The van der Waals surface area contributed by atoms with Crippen molar-refractivity contribution in [3.63, 3.8) is 0 Å². The number of aromatic nitrogens is 3. The topological polar surface area (TPSA) is 82.8 Å². The number of nitrogens with zero attached hydrogens (tertiary/aromatic N) is 4. The zero-order valence-electron chi connectivity index (χ0n) is 15.2. The average molecular weight is 405 g/mol. The zero-order chi connectivity index (χ0) is 20.6. The van der Waals surface area contributed by atoms with Crippen LogP contribution < -0.4 is 10.2 Å². The van der Waals surface area contributed by atoms with E-state index >= 15 is 0 Å². The van der Waals surface area contributed by atoms with E-state index in [0.717, 1.165) is 0 Å². The van der Waals surface area contributed by atoms with Gasteiger partial charge in [-0.3, -0.25) is 4.79 Å². The molecule has 1 aliphatic heterocycles. The largest absolute Gasteiger partial charge is 0.395 e. The summed E-state index contributed by atoms with van der Waals surface area (Å²) in [6.07, 6.45) is 2.38. The van der Waals surface area contributed by atoms with Crippen molar-refractivity contribution in [3.05, 3.63) is 59.7 Å². The fourth-order valence-corrected chi connectivity index (χ4v) is 3.51. The van der Waals surface area contributed by atoms with Crippen molar-refractivity contribution in [1.29, 1.82) is 0 Å². The molecule has 1 atom stereocenters. The molecule has 3 aromatic rings. The van der Waals surface area contributed by atoms with Crippen LogP contribution in [0.15, 0.2) is 42.7 Å². The van der Waals surface area contributed by atoms with Crippen molar-refractivity contribution in [2.24, 2.45) is 0 Å². The fraction of sp³-hybridized carbons (Fsp3) is 0.316. The van der Waals surface area contributed by atoms with Gasteiger partial charge in [-0.2, -0.15) is 5.10 Å². The minimum Gasteiger partial charge on any atom is -0.395 e. The van der Waals surface area contributed by atoms with Crippen molar-refractivity contribution in [1.82, 2.24) is 19.9 Å². The first-order valence-corrected chi connectivity index (χ1v) is 9.01. The van der Waals surface area contributed by atoms with Crippen LogP contribution >= 0.6 is 0 Å². The van der Waals surface area contributed by atoms with Crippen LogP contribution in [0.5, 0.6) is 0 Å². The summed E-state index contributed by atoms with van der Waals surface area (Å²) in [5, 5.41) is 15.4. The van der Waals surface area contributed by atoms with E-state index < -0.39 is 36.7 Å². The maximum absolute atomic E-state index is 14.2. The maximum atomic E-state index is 14.2. The number of aliphatic hydroxyl groups excluding tert-OH is 1. The van der Waals surface area contributed by atoms with Gasteiger partial charge in [0.1, 0.15) is 17.2 Å². The lowest BCUT2D eigenvalue weighted by Crippen LogP contribution is -2.28. The number of alkyl halides is 2. The van der Waals surface area contributed by atoms with Crippen molar-refractivity contribution < 1.29 is 23.1 Å². The van der Waals surface area contributed by atoms with E-state index in [0.29, 0.717) is 5.56 Å². The van der Waals surface area contributed by atoms with Gasteiger partial charge < -0.3 is 15.3 Å². The highest BCUT2D eigenvalue weighted by atomic mass is 19.3. The second kappa shape index (κ2) is 7.36. The standard InChI is InChI=1S/C19H18F3N5O2/c20-13-3-1-2-12(8-13)15-9-19(21,22)11-26(15)16-4-6-27-17(25-16)14(10-24-27)18(29)23-5-7-28/h1-4,6,8,10,15,28H,5,7,9,11H2,(H,23,29). The fourth-order valence-electron chi connectivity index (χ4n) is 3.51. The summed E-state index contributed by atoms with van der Waals surface area (Å²) in [4.78, 5) is 18.0. The SMILES string of the molecule is O=C(NCCO)c1cnn2ccc(N3CC(F)(F)CC3c3cccc(F)c3)nc12. The smallest absolute Gasteiger partial charge is 0.267 e. The van der Waals surface area contributed by atoms with Crippen LogP contribution in [0.3, 0.4) is 0 Å². The van der Waals surface area contributed by atoms with Gasteiger partial charge in [0.05, 0.1) is 25.4 Å². The summed E-state index contributed by atoms with van der Waals surface area (Å²) in [5.41, 5.74) is 0.790. The van der Waals surface area contributed by atoms with E-state index in [1.54, 1.807) is 6.07 Å². The van der Waals surface area contributed by atoms with Gasteiger partial charge in [-0.1, -0.05) is 12.1 Å². The molecule has 1 aromatic carbocycles. The molecule has 0 spiro atoms. The number of aliphatic hydroxyl groups is 1. The average Bonchev–Trinajstić information content (AvgIpc) is 3.26. The minimum atomic E-state index is -2.97. The molecule has 1 aliphatic rings. The molecule has 4 rings (SSSR count). The van der Waals surface area contributed by atoms with E-state index in [9.17, 15) is 18.0 Å². The van der Waals surface area contributed by atoms with Gasteiger partial charge >= 0.3 is 0 Å². The van der Waals surface area contributed by atoms with Crippen LogP contribution in [0.2, 0.25) is 0 Å². The Labute approximate surface area is 163 Å². The molecule has 10 heteroatoms. The van der Waals surface area contributed by atoms with Gasteiger partial charge in [-0.05, 0) is 23.8 Å². The molecular weight excluding hydrogens is 387 g/mol. The van der Waals surface area contributed by atoms with Crippen molar-refractivity contribution in [2.45, 2.75) is 18.4 Å². The molecule has 0 bridgehead atoms. The number of carbonyl (C=O) groups excluding carboxylic acids is 1. The summed E-state index contributed by atoms with van der Waals surface area (Å²) in [6.45, 7) is -0.727. The summed E-state index contributed by atoms with van der Waals surface area (Å²) < 4.78 is 43.5. The van der Waals surface area contributed by atoms with Crippen LogP contribution in [0.4, 0.5) is 19.0 Å². The number of nitrogens with one attached hydrogen (secondary N) is 1. The van der Waals surface area contributed by atoms with Gasteiger partial charge in [0.2, 0.25) is 0 Å². The molecule has 29 heavy (non-hydrogen) atoms. The van der Waals surface area contributed by atoms with Crippen LogP contribution in [0.1, 0.15) is 28.4 Å². The van der Waals surface area contributed by atoms with E-state index in [1.807, 2.05) is 0 Å². The molecular formula is C19H18F3N5O2. The third kappa shape index (κ3) is 3.75. The summed E-state index contributed by atoms with van der Waals surface area (Å²) in [6, 6.07) is 6.36. The molecule has 2 aromatic heterocycles. The highest BCUT2D eigenvalue weighted by Gasteiger charge is 2.46. The highest BCUT2D eigenvalue weighted by Crippen LogP contribution is 2.43. The van der Waals surface area contributed by atoms with Crippen molar-refractivity contribution in [3.8, 4) is 0 Å². The molecule has 3 heterocycles. The molecule has 1 fully saturated rings. The quantitative estimate of drug-likeness (QED) is 0.680. The van der Waals surface area contributed by atoms with Crippen LogP contribution in [-0.2, 0) is 0 Å². The number of anilines is 1. The molecule has 0 aliphatic carbocycles. The van der Waals surface area contributed by atoms with E-state index in [4.69, 9.17) is 5.11 Å². The number of hydrogen-bond acceptors (Lipinski definition) is 5. The lowest BCUT2D eigenvalue weighted by atomic mass is 10.0. The first kappa shape index (κ1) is 19.2. The predicted molar refractivity (Wildman–Crippen MR) is 98.5 cm³/mol. The second-order valence-electron chi connectivity index (χ2n) is 6.85. The summed E-state index contributed by atoms with van der Waals surface area (Å²) in [5.74, 6) is -3.71. The van der Waals surface area contributed by atoms with Crippen LogP contribution in [-0.4, -0.2) is 51.2 Å². The number of rotatable bonds is 5. The normalized spacial score (nSPS) is 18.3. The molecule has 1 unspecified atom stereocenters. The molecule has 1 amide bonds. The molecule has 2 N–H and O–H groups in total. The maximum Gasteiger partial charge on any atom is 0.267 e. The van der Waals surface area contributed by atoms with Gasteiger partial charge in [0.15, 0.2) is 5.65 Å². The molecule has 152 valence electrons. The van der Waals surface area contributed by atoms with E-state index in [1.165, 1.54) is 46.1 Å². The Morgan fingerprint density at radius 1 is 1.34 bits per heavy atom. The lowest BCUT2D eigenvalue weighted by molar-refractivity contribution is 0.0222. The van der Waals surface area contributed by atoms with Crippen LogP contribution in [0, 0.1) is 5.82 Å². The minimum absolute atomic E-state index is 0.0653. The summed E-state index contributed by atoms with van der Waals surface area (Å²) in [7, 11) is 0. The van der Waals surface area contributed by atoms with Gasteiger partial charge in [-0.15, -0.1) is 0 Å². The Hall–Kier alpha value is -3.14. The van der Waals surface area contributed by atoms with E-state index in [-0.39, 0.29) is 30.2 Å². The second-order valence-corrected chi connectivity index (χ2v) is 6.85. The van der Waals surface area contributed by atoms with E-state index in [2.05, 4.69) is 15.4 Å². The first-order valence-electron chi connectivity index (χ1n) is 9.01. The Bertz CT molecular complexity index is 1060. The summed E-state index contributed by atoms with van der Waals surface area (Å²) >= 11 is 0. The number of hydrogen-bond donors (Lipinski definition) is 2. The van der Waals surface area contributed by atoms with Crippen LogP contribution in [0.25, 0.3) is 5.65 Å². The molecule has 1 saturated heterocycles. The third-order valence-corrected chi connectivity index (χ3v) is 4.79. The molecule has 7 nitrogen and oxygen atoms in total. The van der Waals surface area contributed by atoms with Gasteiger partial charge in [-0.25, -0.2) is 22.7 Å². The number of carbonyl (C=O) groups is 1. The van der Waals surface area contributed by atoms with Gasteiger partial charge in [0, 0.05) is 19.2 Å². The highest BCUT2D eigenvalue weighted by molar-refractivity contribution is 5.99. The Balaban J connectivity index is 1.73. The number of amides is 1. The van der Waals surface area contributed by atoms with Gasteiger partial charge in [0.25, 0.3) is 11.8 Å². The first-order chi connectivity index (χ1) is 13.9. The molecule has 0 radical (unpaired) electrons. The number of benzene rings is 1.